The molecule has 0 atom stereocenters. The molecule has 1 N–H and O–H groups in total. The van der Waals surface area contributed by atoms with Crippen LogP contribution in [0.25, 0.3) is 10.9 Å². The number of aromatic nitrogens is 2. The Bertz CT molecular complexity index is 1050. The maximum absolute atomic E-state index is 12.7. The maximum Gasteiger partial charge on any atom is 0.512 e. The number of nitrogens with one attached hydrogen (secondary N) is 1. The maximum atomic E-state index is 12.7. The lowest BCUT2D eigenvalue weighted by Gasteiger charge is -2.32. The lowest BCUT2D eigenvalue weighted by Crippen LogP contribution is -2.41. The van der Waals surface area contributed by atoms with Crippen LogP contribution in [-0.2, 0) is 18.8 Å². The Hall–Kier alpha value is -2.02. The quantitative estimate of drug-likeness (QED) is 0.434. The first-order valence-corrected chi connectivity index (χ1v) is 11.1. The number of carbonyl (C=O) groups excluding carboxylic acids is 1. The van der Waals surface area contributed by atoms with E-state index in [0.29, 0.717) is 21.5 Å². The van der Waals surface area contributed by atoms with Crippen molar-refractivity contribution >= 4 is 41.3 Å². The van der Waals surface area contributed by atoms with Crippen LogP contribution in [0.15, 0.2) is 17.3 Å². The Labute approximate surface area is 188 Å². The minimum absolute atomic E-state index is 0.359. The Balaban J connectivity index is 1.94. The molecule has 1 aliphatic heterocycles. The summed E-state index contributed by atoms with van der Waals surface area (Å²) >= 11 is 1.22. The third-order valence-electron chi connectivity index (χ3n) is 5.52. The normalized spacial score (nSPS) is 18.3. The van der Waals surface area contributed by atoms with Crippen molar-refractivity contribution in [3.8, 4) is 6.07 Å². The van der Waals surface area contributed by atoms with Gasteiger partial charge >= 0.3 is 13.1 Å². The van der Waals surface area contributed by atoms with E-state index in [0.717, 1.165) is 5.59 Å². The summed E-state index contributed by atoms with van der Waals surface area (Å²) < 4.78 is 16.9. The molecule has 2 aromatic heterocycles. The molecule has 1 saturated heterocycles. The Morgan fingerprint density at radius 3 is 2.29 bits per heavy atom. The van der Waals surface area contributed by atoms with Gasteiger partial charge in [-0.2, -0.15) is 5.26 Å². The topological polar surface area (TPSA) is 97.2 Å². The molecule has 2 aromatic rings. The smallest absolute Gasteiger partial charge is 0.459 e. The van der Waals surface area contributed by atoms with Gasteiger partial charge in [-0.25, -0.2) is 4.98 Å². The van der Waals surface area contributed by atoms with Crippen molar-refractivity contribution < 1.29 is 18.8 Å². The predicted octanol–water partition coefficient (Wildman–Crippen LogP) is 3.95. The van der Waals surface area contributed by atoms with Crippen LogP contribution in [0.4, 0.5) is 0 Å². The van der Waals surface area contributed by atoms with Crippen molar-refractivity contribution in [3.05, 3.63) is 17.8 Å². The van der Waals surface area contributed by atoms with E-state index in [-0.39, 0.29) is 5.97 Å². The standard InChI is InChI=1S/C22H30BN3O4S/c1-19(2,3)28-18(27)20(4,5)31-17-14(11-24)13-10-16(26-15(13)12-25-17)23-29-21(6,7)22(8,9)30-23/h10,12,26H,1-9H3. The van der Waals surface area contributed by atoms with Gasteiger partial charge < -0.3 is 19.0 Å². The average Bonchev–Trinajstić information content (AvgIpc) is 3.11. The van der Waals surface area contributed by atoms with Crippen LogP contribution in [0.3, 0.4) is 0 Å². The number of H-pyrrole nitrogens is 1. The van der Waals surface area contributed by atoms with Gasteiger partial charge in [0, 0.05) is 11.0 Å². The number of pyridine rings is 1. The molecule has 1 aliphatic rings. The van der Waals surface area contributed by atoms with Gasteiger partial charge in [0.1, 0.15) is 21.4 Å². The zero-order chi connectivity index (χ0) is 23.4. The van der Waals surface area contributed by atoms with Crippen molar-refractivity contribution in [2.24, 2.45) is 0 Å². The molecule has 0 bridgehead atoms. The van der Waals surface area contributed by atoms with Gasteiger partial charge in [0.15, 0.2) is 0 Å². The number of ether oxygens (including phenoxy) is 1. The van der Waals surface area contributed by atoms with Gasteiger partial charge in [0.05, 0.1) is 28.5 Å². The number of thioether (sulfide) groups is 1. The number of rotatable bonds is 4. The molecule has 7 nitrogen and oxygen atoms in total. The highest BCUT2D eigenvalue weighted by Gasteiger charge is 2.52. The molecule has 3 heterocycles. The fraction of sp³-hybridized carbons (Fsp3) is 0.591. The van der Waals surface area contributed by atoms with Crippen LogP contribution in [0.1, 0.15) is 67.9 Å². The minimum Gasteiger partial charge on any atom is -0.459 e. The zero-order valence-corrected chi connectivity index (χ0v) is 20.5. The van der Waals surface area contributed by atoms with Crippen LogP contribution >= 0.6 is 11.8 Å². The average molecular weight is 443 g/mol. The molecule has 31 heavy (non-hydrogen) atoms. The van der Waals surface area contributed by atoms with Gasteiger partial charge in [-0.15, -0.1) is 0 Å². The van der Waals surface area contributed by atoms with Crippen molar-refractivity contribution in [2.45, 2.75) is 88.9 Å². The Morgan fingerprint density at radius 1 is 1.19 bits per heavy atom. The first-order valence-electron chi connectivity index (χ1n) is 10.3. The number of hydrogen-bond donors (Lipinski definition) is 1. The van der Waals surface area contributed by atoms with Crippen molar-refractivity contribution in [1.82, 2.24) is 9.97 Å². The summed E-state index contributed by atoms with van der Waals surface area (Å²) in [4.78, 5) is 20.4. The second kappa shape index (κ2) is 7.54. The third kappa shape index (κ3) is 4.62. The fourth-order valence-corrected chi connectivity index (χ4v) is 4.04. The molecular formula is C22H30BN3O4S. The van der Waals surface area contributed by atoms with Crippen molar-refractivity contribution in [1.29, 1.82) is 5.26 Å². The largest absolute Gasteiger partial charge is 0.512 e. The molecule has 0 spiro atoms. The molecule has 0 amide bonds. The molecular weight excluding hydrogens is 413 g/mol. The summed E-state index contributed by atoms with van der Waals surface area (Å²) in [5.41, 5.74) is 0.301. The van der Waals surface area contributed by atoms with Crippen LogP contribution in [0.2, 0.25) is 0 Å². The lowest BCUT2D eigenvalue weighted by molar-refractivity contribution is -0.156. The SMILES string of the molecule is CC(C)(C)OC(=O)C(C)(C)Sc1ncc2[nH]c(B3OC(C)(C)C(C)(C)O3)cc2c1C#N. The fourth-order valence-electron chi connectivity index (χ4n) is 3.07. The Morgan fingerprint density at radius 2 is 1.77 bits per heavy atom. The molecule has 166 valence electrons. The first kappa shape index (κ1) is 23.6. The molecule has 0 unspecified atom stereocenters. The number of hydrogen-bond acceptors (Lipinski definition) is 7. The molecule has 3 rings (SSSR count). The number of nitriles is 1. The highest BCUT2D eigenvalue weighted by molar-refractivity contribution is 8.01. The molecule has 1 fully saturated rings. The summed E-state index contributed by atoms with van der Waals surface area (Å²) in [5.74, 6) is -0.359. The highest BCUT2D eigenvalue weighted by Crippen LogP contribution is 2.38. The van der Waals surface area contributed by atoms with E-state index in [2.05, 4.69) is 16.0 Å². The van der Waals surface area contributed by atoms with Gasteiger partial charge in [-0.1, -0.05) is 11.8 Å². The van der Waals surface area contributed by atoms with E-state index in [1.54, 1.807) is 20.0 Å². The monoisotopic (exact) mass is 443 g/mol. The molecule has 9 heteroatoms. The van der Waals surface area contributed by atoms with E-state index < -0.39 is 28.7 Å². The second-order valence-corrected chi connectivity index (χ2v) is 11.9. The second-order valence-electron chi connectivity index (χ2n) is 10.3. The molecule has 0 radical (unpaired) electrons. The van der Waals surface area contributed by atoms with Gasteiger partial charge in [0.2, 0.25) is 0 Å². The van der Waals surface area contributed by atoms with E-state index in [4.69, 9.17) is 14.0 Å². The first-order chi connectivity index (χ1) is 14.1. The van der Waals surface area contributed by atoms with E-state index in [1.165, 1.54) is 11.8 Å². The Kier molecular flexibility index (Phi) is 5.75. The zero-order valence-electron chi connectivity index (χ0n) is 19.7. The van der Waals surface area contributed by atoms with Gasteiger partial charge in [-0.3, -0.25) is 4.79 Å². The molecule has 0 aliphatic carbocycles. The number of fused-ring (bicyclic) bond motifs is 1. The number of carbonyl (C=O) groups is 1. The van der Waals surface area contributed by atoms with Crippen LogP contribution in [0.5, 0.6) is 0 Å². The predicted molar refractivity (Wildman–Crippen MR) is 122 cm³/mol. The van der Waals surface area contributed by atoms with Gasteiger partial charge in [0.25, 0.3) is 0 Å². The van der Waals surface area contributed by atoms with Gasteiger partial charge in [-0.05, 0) is 68.4 Å². The van der Waals surface area contributed by atoms with Crippen LogP contribution in [-0.4, -0.2) is 44.6 Å². The van der Waals surface area contributed by atoms with E-state index in [9.17, 15) is 10.1 Å². The lowest BCUT2D eigenvalue weighted by atomic mass is 9.85. The third-order valence-corrected chi connectivity index (χ3v) is 6.70. The number of esters is 1. The summed E-state index contributed by atoms with van der Waals surface area (Å²) in [6.07, 6.45) is 1.67. The molecule has 0 aromatic carbocycles. The minimum atomic E-state index is -0.912. The van der Waals surface area contributed by atoms with E-state index >= 15 is 0 Å². The number of aromatic amines is 1. The highest BCUT2D eigenvalue weighted by atomic mass is 32.2. The number of nitrogens with zero attached hydrogens (tertiary/aromatic N) is 2. The van der Waals surface area contributed by atoms with E-state index in [1.807, 2.05) is 54.5 Å². The van der Waals surface area contributed by atoms with Crippen molar-refractivity contribution in [3.63, 3.8) is 0 Å². The van der Waals surface area contributed by atoms with Crippen molar-refractivity contribution in [2.75, 3.05) is 0 Å². The summed E-state index contributed by atoms with van der Waals surface area (Å²) in [6, 6.07) is 4.11. The summed E-state index contributed by atoms with van der Waals surface area (Å²) in [6.45, 7) is 17.0. The summed E-state index contributed by atoms with van der Waals surface area (Å²) in [5, 5.41) is 11.1. The van der Waals surface area contributed by atoms with Crippen LogP contribution < -0.4 is 5.59 Å². The van der Waals surface area contributed by atoms with Crippen LogP contribution in [0, 0.1) is 11.3 Å². The molecule has 0 saturated carbocycles. The summed E-state index contributed by atoms with van der Waals surface area (Å²) in [7, 11) is -0.571.